The zero-order chi connectivity index (χ0) is 17.6. The van der Waals surface area contributed by atoms with Gasteiger partial charge in [-0.15, -0.1) is 0 Å². The summed E-state index contributed by atoms with van der Waals surface area (Å²) in [5.41, 5.74) is 8.80. The van der Waals surface area contributed by atoms with Crippen LogP contribution in [0.5, 0.6) is 5.88 Å². The van der Waals surface area contributed by atoms with Crippen molar-refractivity contribution in [3.63, 3.8) is 0 Å². The number of ether oxygens (including phenoxy) is 2. The molecular weight excluding hydrogens is 318 g/mol. The predicted octanol–water partition coefficient (Wildman–Crippen LogP) is 2.57. The molecule has 6 heteroatoms. The minimum atomic E-state index is -0.694. The van der Waals surface area contributed by atoms with Crippen LogP contribution in [0.4, 0.5) is 0 Å². The van der Waals surface area contributed by atoms with Crippen LogP contribution in [0.25, 0.3) is 10.9 Å². The van der Waals surface area contributed by atoms with Crippen LogP contribution < -0.4 is 10.5 Å². The number of hydrogen-bond donors (Lipinski definition) is 2. The van der Waals surface area contributed by atoms with Gasteiger partial charge in [0.25, 0.3) is 0 Å². The standard InChI is InChI=1S/C19H21N3O3/c1-2-24-19(23)16(20)8-14-10-21-17-11-22-18(9-15(14)17)25-12-13-6-4-3-5-7-13/h3-7,9-11,16,21H,2,8,12,20H2,1H3. The maximum absolute atomic E-state index is 11.7. The molecule has 6 nitrogen and oxygen atoms in total. The van der Waals surface area contributed by atoms with E-state index in [0.717, 1.165) is 22.0 Å². The van der Waals surface area contributed by atoms with E-state index >= 15 is 0 Å². The lowest BCUT2D eigenvalue weighted by atomic mass is 10.1. The molecule has 0 aliphatic heterocycles. The second-order valence-corrected chi connectivity index (χ2v) is 5.72. The fourth-order valence-corrected chi connectivity index (χ4v) is 2.61. The zero-order valence-corrected chi connectivity index (χ0v) is 14.1. The van der Waals surface area contributed by atoms with Gasteiger partial charge in [-0.2, -0.15) is 0 Å². The van der Waals surface area contributed by atoms with Crippen LogP contribution in [0.2, 0.25) is 0 Å². The lowest BCUT2D eigenvalue weighted by Crippen LogP contribution is -2.34. The Hall–Kier alpha value is -2.86. The highest BCUT2D eigenvalue weighted by atomic mass is 16.5. The number of hydrogen-bond acceptors (Lipinski definition) is 5. The number of rotatable bonds is 7. The smallest absolute Gasteiger partial charge is 0.323 e. The van der Waals surface area contributed by atoms with Gasteiger partial charge in [0, 0.05) is 24.1 Å². The van der Waals surface area contributed by atoms with Crippen molar-refractivity contribution in [1.82, 2.24) is 9.97 Å². The lowest BCUT2D eigenvalue weighted by Gasteiger charge is -2.10. The summed E-state index contributed by atoms with van der Waals surface area (Å²) in [6.07, 6.45) is 3.95. The molecule has 0 spiro atoms. The first-order valence-electron chi connectivity index (χ1n) is 8.22. The lowest BCUT2D eigenvalue weighted by molar-refractivity contribution is -0.144. The number of carbonyl (C=O) groups excluding carboxylic acids is 1. The van der Waals surface area contributed by atoms with Crippen LogP contribution in [-0.2, 0) is 22.6 Å². The first-order valence-corrected chi connectivity index (χ1v) is 8.22. The molecule has 2 aromatic heterocycles. The van der Waals surface area contributed by atoms with E-state index in [1.165, 1.54) is 0 Å². The van der Waals surface area contributed by atoms with E-state index in [4.69, 9.17) is 15.2 Å². The Kier molecular flexibility index (Phi) is 5.30. The number of fused-ring (bicyclic) bond motifs is 1. The van der Waals surface area contributed by atoms with E-state index in [-0.39, 0.29) is 0 Å². The Balaban J connectivity index is 1.74. The van der Waals surface area contributed by atoms with Crippen LogP contribution in [0.15, 0.2) is 48.8 Å². The van der Waals surface area contributed by atoms with Crippen LogP contribution >= 0.6 is 0 Å². The Morgan fingerprint density at radius 2 is 2.12 bits per heavy atom. The highest BCUT2D eigenvalue weighted by molar-refractivity contribution is 5.84. The highest BCUT2D eigenvalue weighted by Gasteiger charge is 2.17. The minimum absolute atomic E-state index is 0.321. The SMILES string of the molecule is CCOC(=O)C(N)Cc1c[nH]c2cnc(OCc3ccccc3)cc12. The summed E-state index contributed by atoms with van der Waals surface area (Å²) >= 11 is 0. The van der Waals surface area contributed by atoms with Crippen molar-refractivity contribution < 1.29 is 14.3 Å². The molecule has 3 N–H and O–H groups in total. The topological polar surface area (TPSA) is 90.2 Å². The average molecular weight is 339 g/mol. The number of benzene rings is 1. The second-order valence-electron chi connectivity index (χ2n) is 5.72. The molecule has 3 rings (SSSR count). The van der Waals surface area contributed by atoms with Crippen LogP contribution in [-0.4, -0.2) is 28.6 Å². The van der Waals surface area contributed by atoms with Gasteiger partial charge in [0.15, 0.2) is 0 Å². The maximum atomic E-state index is 11.7. The van der Waals surface area contributed by atoms with Gasteiger partial charge < -0.3 is 20.2 Å². The summed E-state index contributed by atoms with van der Waals surface area (Å²) in [6, 6.07) is 11.1. The van der Waals surface area contributed by atoms with Crippen molar-refractivity contribution in [3.8, 4) is 5.88 Å². The molecule has 0 radical (unpaired) electrons. The quantitative estimate of drug-likeness (QED) is 0.646. The number of H-pyrrole nitrogens is 1. The van der Waals surface area contributed by atoms with Crippen molar-refractivity contribution in [1.29, 1.82) is 0 Å². The minimum Gasteiger partial charge on any atom is -0.473 e. The van der Waals surface area contributed by atoms with Crippen molar-refractivity contribution in [3.05, 3.63) is 59.9 Å². The number of carbonyl (C=O) groups is 1. The number of nitrogens with two attached hydrogens (primary N) is 1. The molecule has 0 saturated carbocycles. The van der Waals surface area contributed by atoms with Crippen LogP contribution in [0.1, 0.15) is 18.1 Å². The van der Waals surface area contributed by atoms with Crippen LogP contribution in [0, 0.1) is 0 Å². The van der Waals surface area contributed by atoms with Gasteiger partial charge in [0.2, 0.25) is 5.88 Å². The molecule has 0 aliphatic rings. The molecule has 0 bridgehead atoms. The zero-order valence-electron chi connectivity index (χ0n) is 14.1. The van der Waals surface area contributed by atoms with Gasteiger partial charge in [-0.3, -0.25) is 4.79 Å². The third-order valence-corrected chi connectivity index (χ3v) is 3.89. The molecule has 1 aromatic carbocycles. The first kappa shape index (κ1) is 17.0. The molecular formula is C19H21N3O3. The molecule has 1 unspecified atom stereocenters. The Morgan fingerprint density at radius 1 is 1.32 bits per heavy atom. The largest absolute Gasteiger partial charge is 0.473 e. The number of aromatic amines is 1. The number of pyridine rings is 1. The Morgan fingerprint density at radius 3 is 2.88 bits per heavy atom. The summed E-state index contributed by atoms with van der Waals surface area (Å²) in [5.74, 6) is 0.133. The number of nitrogens with zero attached hydrogens (tertiary/aromatic N) is 1. The van der Waals surface area contributed by atoms with E-state index < -0.39 is 12.0 Å². The van der Waals surface area contributed by atoms with Crippen molar-refractivity contribution in [2.24, 2.45) is 5.73 Å². The van der Waals surface area contributed by atoms with E-state index in [9.17, 15) is 4.79 Å². The number of aromatic nitrogens is 2. The summed E-state index contributed by atoms with van der Waals surface area (Å²) in [5, 5.41) is 0.942. The molecule has 25 heavy (non-hydrogen) atoms. The number of esters is 1. The summed E-state index contributed by atoms with van der Waals surface area (Å²) < 4.78 is 10.7. The van der Waals surface area contributed by atoms with Crippen molar-refractivity contribution in [2.75, 3.05) is 6.61 Å². The van der Waals surface area contributed by atoms with Crippen molar-refractivity contribution >= 4 is 16.9 Å². The predicted molar refractivity (Wildman–Crippen MR) is 95.2 cm³/mol. The Bertz CT molecular complexity index is 846. The van der Waals surface area contributed by atoms with E-state index in [2.05, 4.69) is 9.97 Å². The van der Waals surface area contributed by atoms with Gasteiger partial charge in [-0.05, 0) is 18.1 Å². The third kappa shape index (κ3) is 4.16. The molecule has 130 valence electrons. The van der Waals surface area contributed by atoms with E-state index in [0.29, 0.717) is 25.5 Å². The van der Waals surface area contributed by atoms with Crippen molar-refractivity contribution in [2.45, 2.75) is 26.0 Å². The maximum Gasteiger partial charge on any atom is 0.323 e. The fraction of sp³-hybridized carbons (Fsp3) is 0.263. The number of nitrogens with one attached hydrogen (secondary N) is 1. The van der Waals surface area contributed by atoms with Gasteiger partial charge in [0.1, 0.15) is 12.6 Å². The Labute approximate surface area is 146 Å². The average Bonchev–Trinajstić information content (AvgIpc) is 3.03. The van der Waals surface area contributed by atoms with Gasteiger partial charge >= 0.3 is 5.97 Å². The molecule has 0 aliphatic carbocycles. The van der Waals surface area contributed by atoms with Crippen LogP contribution in [0.3, 0.4) is 0 Å². The summed E-state index contributed by atoms with van der Waals surface area (Å²) in [4.78, 5) is 19.2. The fourth-order valence-electron chi connectivity index (χ4n) is 2.61. The van der Waals surface area contributed by atoms with Gasteiger partial charge in [0.05, 0.1) is 18.3 Å². The summed E-state index contributed by atoms with van der Waals surface area (Å²) in [7, 11) is 0. The second kappa shape index (κ2) is 7.81. The monoisotopic (exact) mass is 339 g/mol. The van der Waals surface area contributed by atoms with E-state index in [1.807, 2.05) is 42.6 Å². The first-order chi connectivity index (χ1) is 12.2. The normalized spacial score (nSPS) is 12.1. The molecule has 0 fully saturated rings. The molecule has 0 saturated heterocycles. The van der Waals surface area contributed by atoms with E-state index in [1.54, 1.807) is 13.1 Å². The third-order valence-electron chi connectivity index (χ3n) is 3.89. The molecule has 3 aromatic rings. The molecule has 2 heterocycles. The molecule has 1 atom stereocenters. The summed E-state index contributed by atoms with van der Waals surface area (Å²) in [6.45, 7) is 2.53. The molecule has 0 amide bonds. The highest BCUT2D eigenvalue weighted by Crippen LogP contribution is 2.23. The van der Waals surface area contributed by atoms with Gasteiger partial charge in [-0.25, -0.2) is 4.98 Å². The van der Waals surface area contributed by atoms with Gasteiger partial charge in [-0.1, -0.05) is 30.3 Å².